The number of nitrogens with zero attached hydrogens (tertiary/aromatic N) is 3. The summed E-state index contributed by atoms with van der Waals surface area (Å²) in [6.45, 7) is 6.06. The van der Waals surface area contributed by atoms with E-state index in [2.05, 4.69) is 26.4 Å². The van der Waals surface area contributed by atoms with Crippen LogP contribution in [-0.2, 0) is 6.54 Å². The average Bonchev–Trinajstić information content (AvgIpc) is 2.97. The van der Waals surface area contributed by atoms with E-state index in [1.54, 1.807) is 0 Å². The van der Waals surface area contributed by atoms with Crippen molar-refractivity contribution in [1.29, 1.82) is 0 Å². The third-order valence-electron chi connectivity index (χ3n) is 3.92. The number of hydrogen-bond acceptors (Lipinski definition) is 5. The van der Waals surface area contributed by atoms with E-state index >= 15 is 0 Å². The van der Waals surface area contributed by atoms with E-state index in [0.29, 0.717) is 12.4 Å². The largest absolute Gasteiger partial charge is 0.391 e. The molecule has 1 aliphatic heterocycles. The summed E-state index contributed by atoms with van der Waals surface area (Å²) in [6.07, 6.45) is 5.84. The first-order valence-electron chi connectivity index (χ1n) is 6.76. The number of likely N-dealkylation sites (tertiary alicyclic amines) is 1. The number of H-pyrrole nitrogens is 1. The fourth-order valence-electron chi connectivity index (χ4n) is 2.89. The van der Waals surface area contributed by atoms with Crippen LogP contribution in [0.5, 0.6) is 0 Å². The number of nitrogen functional groups attached to an aromatic ring is 1. The van der Waals surface area contributed by atoms with Crippen molar-refractivity contribution in [2.45, 2.75) is 19.1 Å². The first-order chi connectivity index (χ1) is 9.69. The van der Waals surface area contributed by atoms with Crippen LogP contribution >= 0.6 is 0 Å². The van der Waals surface area contributed by atoms with Crippen LogP contribution < -0.4 is 5.73 Å². The minimum absolute atomic E-state index is 0.275. The van der Waals surface area contributed by atoms with E-state index in [1.165, 1.54) is 6.33 Å². The van der Waals surface area contributed by atoms with Gasteiger partial charge in [0.05, 0.1) is 11.6 Å². The Morgan fingerprint density at radius 1 is 1.50 bits per heavy atom. The highest BCUT2D eigenvalue weighted by Crippen LogP contribution is 2.25. The lowest BCUT2D eigenvalue weighted by Gasteiger charge is -2.14. The number of nitrogens with two attached hydrogens (primary N) is 1. The zero-order chi connectivity index (χ0) is 14.1. The molecule has 0 aromatic carbocycles. The molecule has 1 unspecified atom stereocenters. The number of aliphatic hydroxyl groups is 1. The Bertz CT molecular complexity index is 623. The molecule has 6 nitrogen and oxygen atoms in total. The highest BCUT2D eigenvalue weighted by Gasteiger charge is 2.30. The Morgan fingerprint density at radius 3 is 3.15 bits per heavy atom. The molecular weight excluding hydrogens is 254 g/mol. The van der Waals surface area contributed by atoms with Gasteiger partial charge in [-0.3, -0.25) is 4.90 Å². The lowest BCUT2D eigenvalue weighted by molar-refractivity contribution is 0.142. The van der Waals surface area contributed by atoms with Crippen LogP contribution in [0.25, 0.3) is 11.0 Å². The SMILES string of the molecule is C=CC[C@H]1CN(Cc2c[nH]c3c(N)ncnc23)CC1O. The van der Waals surface area contributed by atoms with Crippen molar-refractivity contribution in [2.24, 2.45) is 5.92 Å². The Kier molecular flexibility index (Phi) is 3.42. The third-order valence-corrected chi connectivity index (χ3v) is 3.92. The number of rotatable bonds is 4. The Balaban J connectivity index is 1.77. The number of fused-ring (bicyclic) bond motifs is 1. The first-order valence-corrected chi connectivity index (χ1v) is 6.76. The predicted molar refractivity (Wildman–Crippen MR) is 77.9 cm³/mol. The Morgan fingerprint density at radius 2 is 2.35 bits per heavy atom. The molecule has 0 spiro atoms. The summed E-state index contributed by atoms with van der Waals surface area (Å²) in [6, 6.07) is 0. The van der Waals surface area contributed by atoms with Gasteiger partial charge in [-0.05, 0) is 6.42 Å². The topological polar surface area (TPSA) is 91.1 Å². The van der Waals surface area contributed by atoms with Crippen molar-refractivity contribution in [3.63, 3.8) is 0 Å². The van der Waals surface area contributed by atoms with Gasteiger partial charge in [0.25, 0.3) is 0 Å². The van der Waals surface area contributed by atoms with Crippen LogP contribution in [0.15, 0.2) is 25.2 Å². The predicted octanol–water partition coefficient (Wildman–Crippen LogP) is 0.909. The van der Waals surface area contributed by atoms with Crippen LogP contribution in [0.2, 0.25) is 0 Å². The maximum absolute atomic E-state index is 10.0. The zero-order valence-corrected chi connectivity index (χ0v) is 11.3. The van der Waals surface area contributed by atoms with Gasteiger partial charge in [0.15, 0.2) is 5.82 Å². The second-order valence-electron chi connectivity index (χ2n) is 5.34. The fourth-order valence-corrected chi connectivity index (χ4v) is 2.89. The van der Waals surface area contributed by atoms with Gasteiger partial charge in [-0.15, -0.1) is 6.58 Å². The van der Waals surface area contributed by atoms with Crippen LogP contribution in [0.4, 0.5) is 5.82 Å². The number of allylic oxidation sites excluding steroid dienone is 1. The van der Waals surface area contributed by atoms with Crippen molar-refractivity contribution in [2.75, 3.05) is 18.8 Å². The second-order valence-corrected chi connectivity index (χ2v) is 5.34. The van der Waals surface area contributed by atoms with Gasteiger partial charge in [0.1, 0.15) is 11.8 Å². The van der Waals surface area contributed by atoms with Crippen molar-refractivity contribution in [1.82, 2.24) is 19.9 Å². The lowest BCUT2D eigenvalue weighted by Crippen LogP contribution is -2.21. The van der Waals surface area contributed by atoms with Gasteiger partial charge in [0, 0.05) is 37.3 Å². The quantitative estimate of drug-likeness (QED) is 0.720. The number of hydrogen-bond donors (Lipinski definition) is 3. The Labute approximate surface area is 117 Å². The number of aromatic nitrogens is 3. The van der Waals surface area contributed by atoms with Crippen LogP contribution in [0.1, 0.15) is 12.0 Å². The molecule has 0 saturated carbocycles. The molecule has 2 aromatic rings. The number of aliphatic hydroxyl groups excluding tert-OH is 1. The molecule has 106 valence electrons. The normalized spacial score (nSPS) is 23.4. The molecule has 3 rings (SSSR count). The van der Waals surface area contributed by atoms with Gasteiger partial charge >= 0.3 is 0 Å². The molecule has 6 heteroatoms. The molecule has 1 saturated heterocycles. The summed E-state index contributed by atoms with van der Waals surface area (Å²) in [5, 5.41) is 10.0. The summed E-state index contributed by atoms with van der Waals surface area (Å²) in [4.78, 5) is 13.6. The fraction of sp³-hybridized carbons (Fsp3) is 0.429. The van der Waals surface area contributed by atoms with E-state index in [-0.39, 0.29) is 12.0 Å². The van der Waals surface area contributed by atoms with Gasteiger partial charge in [-0.2, -0.15) is 0 Å². The monoisotopic (exact) mass is 273 g/mol. The second kappa shape index (κ2) is 5.22. The van der Waals surface area contributed by atoms with Crippen LogP contribution in [-0.4, -0.2) is 44.2 Å². The van der Waals surface area contributed by atoms with Crippen molar-refractivity contribution in [3.8, 4) is 0 Å². The summed E-state index contributed by atoms with van der Waals surface area (Å²) in [5.74, 6) is 0.740. The maximum atomic E-state index is 10.0. The van der Waals surface area contributed by atoms with Gasteiger partial charge in [-0.25, -0.2) is 9.97 Å². The van der Waals surface area contributed by atoms with Gasteiger partial charge in [0.2, 0.25) is 0 Å². The van der Waals surface area contributed by atoms with Crippen molar-refractivity contribution >= 4 is 16.9 Å². The molecule has 0 amide bonds. The summed E-state index contributed by atoms with van der Waals surface area (Å²) < 4.78 is 0. The highest BCUT2D eigenvalue weighted by atomic mass is 16.3. The number of β-amino-alcohol motifs (C(OH)–C–C–N with tert-alkyl or cyclic N) is 1. The summed E-state index contributed by atoms with van der Waals surface area (Å²) in [7, 11) is 0. The minimum Gasteiger partial charge on any atom is -0.391 e. The zero-order valence-electron chi connectivity index (χ0n) is 11.3. The van der Waals surface area contributed by atoms with E-state index in [9.17, 15) is 5.11 Å². The average molecular weight is 273 g/mol. The molecular formula is C14H19N5O. The van der Waals surface area contributed by atoms with E-state index in [0.717, 1.165) is 36.1 Å². The van der Waals surface area contributed by atoms with Gasteiger partial charge in [-0.1, -0.05) is 6.08 Å². The van der Waals surface area contributed by atoms with Gasteiger partial charge < -0.3 is 15.8 Å². The van der Waals surface area contributed by atoms with E-state index in [4.69, 9.17) is 5.73 Å². The van der Waals surface area contributed by atoms with Crippen molar-refractivity contribution < 1.29 is 5.11 Å². The number of nitrogens with one attached hydrogen (secondary N) is 1. The molecule has 1 aliphatic rings. The molecule has 20 heavy (non-hydrogen) atoms. The molecule has 0 aliphatic carbocycles. The minimum atomic E-state index is -0.280. The molecule has 0 radical (unpaired) electrons. The molecule has 4 N–H and O–H groups in total. The Hall–Kier alpha value is -1.92. The maximum Gasteiger partial charge on any atom is 0.151 e. The van der Waals surface area contributed by atoms with Crippen LogP contribution in [0, 0.1) is 5.92 Å². The smallest absolute Gasteiger partial charge is 0.151 e. The van der Waals surface area contributed by atoms with Crippen LogP contribution in [0.3, 0.4) is 0 Å². The number of aromatic amines is 1. The summed E-state index contributed by atoms with van der Waals surface area (Å²) >= 11 is 0. The molecule has 3 heterocycles. The molecule has 0 bridgehead atoms. The molecule has 1 fully saturated rings. The standard InChI is InChI=1S/C14H19N5O/c1-2-3-9-5-19(7-11(9)20)6-10-4-16-13-12(10)17-8-18-14(13)15/h2,4,8-9,11,16,20H,1,3,5-7H2,(H2,15,17,18)/t9-,11?/m0/s1. The summed E-state index contributed by atoms with van der Waals surface area (Å²) in [5.41, 5.74) is 8.54. The molecule has 2 atom stereocenters. The van der Waals surface area contributed by atoms with E-state index in [1.807, 2.05) is 12.3 Å². The lowest BCUT2D eigenvalue weighted by atomic mass is 10.0. The van der Waals surface area contributed by atoms with Crippen molar-refractivity contribution in [3.05, 3.63) is 30.7 Å². The first kappa shape index (κ1) is 13.1. The molecule has 2 aromatic heterocycles. The number of anilines is 1. The third kappa shape index (κ3) is 2.28. The van der Waals surface area contributed by atoms with E-state index < -0.39 is 0 Å². The highest BCUT2D eigenvalue weighted by molar-refractivity contribution is 5.86.